The van der Waals surface area contributed by atoms with E-state index in [1.54, 1.807) is 13.0 Å². The van der Waals surface area contributed by atoms with Gasteiger partial charge in [0.2, 0.25) is 5.76 Å². The topological polar surface area (TPSA) is 81.3 Å². The molecule has 0 saturated heterocycles. The normalized spacial score (nSPS) is 11.6. The van der Waals surface area contributed by atoms with Gasteiger partial charge in [0.15, 0.2) is 0 Å². The molecule has 0 aliphatic heterocycles. The highest BCUT2D eigenvalue weighted by atomic mass is 16.4. The molecule has 0 aromatic heterocycles. The quantitative estimate of drug-likeness (QED) is 0.339. The Bertz CT molecular complexity index is 212. The zero-order valence-corrected chi connectivity index (χ0v) is 5.46. The zero-order chi connectivity index (χ0) is 8.15. The molecule has 0 rings (SSSR count). The molecule has 54 valence electrons. The second kappa shape index (κ2) is 3.51. The van der Waals surface area contributed by atoms with Gasteiger partial charge in [-0.3, -0.25) is 0 Å². The Morgan fingerprint density at radius 2 is 2.10 bits per heavy atom. The van der Waals surface area contributed by atoms with Gasteiger partial charge in [0.25, 0.3) is 0 Å². The number of rotatable bonds is 2. The van der Waals surface area contributed by atoms with Crippen LogP contribution < -0.4 is 0 Å². The van der Waals surface area contributed by atoms with Crippen LogP contribution in [0.15, 0.2) is 11.3 Å². The molecule has 10 heavy (non-hydrogen) atoms. The SMILES string of the molecule is CCC(C#N)=C(O)C(=O)O. The summed E-state index contributed by atoms with van der Waals surface area (Å²) in [7, 11) is 0. The number of allylic oxidation sites excluding steroid dienone is 1. The Morgan fingerprint density at radius 3 is 2.20 bits per heavy atom. The van der Waals surface area contributed by atoms with Crippen molar-refractivity contribution in [2.75, 3.05) is 0 Å². The average molecular weight is 141 g/mol. The summed E-state index contributed by atoms with van der Waals surface area (Å²) in [6.07, 6.45) is 0.231. The van der Waals surface area contributed by atoms with E-state index in [2.05, 4.69) is 0 Å². The Labute approximate surface area is 58.0 Å². The number of carboxylic acid groups (broad SMARTS) is 1. The minimum Gasteiger partial charge on any atom is -0.501 e. The van der Waals surface area contributed by atoms with Crippen LogP contribution in [0.3, 0.4) is 0 Å². The van der Waals surface area contributed by atoms with Crippen molar-refractivity contribution < 1.29 is 15.0 Å². The third-order valence-electron chi connectivity index (χ3n) is 0.977. The Morgan fingerprint density at radius 1 is 1.60 bits per heavy atom. The van der Waals surface area contributed by atoms with Crippen LogP contribution in [0.5, 0.6) is 0 Å². The molecule has 4 nitrogen and oxygen atoms in total. The average Bonchev–Trinajstić information content (AvgIpc) is 1.90. The lowest BCUT2D eigenvalue weighted by atomic mass is 10.2. The molecule has 0 atom stereocenters. The molecule has 0 spiro atoms. The molecular formula is C6H7NO3. The number of hydrogen-bond donors (Lipinski definition) is 2. The third kappa shape index (κ3) is 1.78. The van der Waals surface area contributed by atoms with Gasteiger partial charge in [0, 0.05) is 0 Å². The number of nitrogens with zero attached hydrogens (tertiary/aromatic N) is 1. The Balaban J connectivity index is 4.65. The molecule has 0 radical (unpaired) electrons. The summed E-state index contributed by atoms with van der Waals surface area (Å²) >= 11 is 0. The van der Waals surface area contributed by atoms with Crippen molar-refractivity contribution in [1.29, 1.82) is 5.26 Å². The molecule has 0 aliphatic carbocycles. The monoisotopic (exact) mass is 141 g/mol. The molecule has 0 fully saturated rings. The molecule has 2 N–H and O–H groups in total. The van der Waals surface area contributed by atoms with E-state index in [1.807, 2.05) is 0 Å². The molecule has 0 bridgehead atoms. The van der Waals surface area contributed by atoms with Crippen LogP contribution in [-0.2, 0) is 4.79 Å². The second-order valence-corrected chi connectivity index (χ2v) is 1.60. The van der Waals surface area contributed by atoms with E-state index in [4.69, 9.17) is 15.5 Å². The minimum absolute atomic E-state index is 0.104. The maximum atomic E-state index is 10.00. The predicted octanol–water partition coefficient (Wildman–Crippen LogP) is 0.817. The van der Waals surface area contributed by atoms with Gasteiger partial charge in [-0.25, -0.2) is 4.79 Å². The van der Waals surface area contributed by atoms with Crippen molar-refractivity contribution in [3.05, 3.63) is 11.3 Å². The van der Waals surface area contributed by atoms with E-state index in [-0.39, 0.29) is 12.0 Å². The highest BCUT2D eigenvalue weighted by molar-refractivity contribution is 5.85. The summed E-state index contributed by atoms with van der Waals surface area (Å²) < 4.78 is 0. The summed E-state index contributed by atoms with van der Waals surface area (Å²) in [5.74, 6) is -2.32. The zero-order valence-electron chi connectivity index (χ0n) is 5.46. The molecule has 0 saturated carbocycles. The van der Waals surface area contributed by atoms with Crippen LogP contribution in [0.25, 0.3) is 0 Å². The van der Waals surface area contributed by atoms with Crippen molar-refractivity contribution in [3.8, 4) is 6.07 Å². The number of carbonyl (C=O) groups is 1. The van der Waals surface area contributed by atoms with E-state index in [9.17, 15) is 4.79 Å². The fraction of sp³-hybridized carbons (Fsp3) is 0.333. The van der Waals surface area contributed by atoms with Crippen LogP contribution in [-0.4, -0.2) is 16.2 Å². The van der Waals surface area contributed by atoms with Crippen molar-refractivity contribution in [2.24, 2.45) is 0 Å². The largest absolute Gasteiger partial charge is 0.501 e. The Kier molecular flexibility index (Phi) is 2.98. The second-order valence-electron chi connectivity index (χ2n) is 1.60. The van der Waals surface area contributed by atoms with Gasteiger partial charge in [-0.1, -0.05) is 6.92 Å². The van der Waals surface area contributed by atoms with Gasteiger partial charge in [0.05, 0.1) is 11.6 Å². The molecular weight excluding hydrogens is 134 g/mol. The van der Waals surface area contributed by atoms with Gasteiger partial charge in [-0.2, -0.15) is 5.26 Å². The van der Waals surface area contributed by atoms with Crippen molar-refractivity contribution in [2.45, 2.75) is 13.3 Å². The third-order valence-corrected chi connectivity index (χ3v) is 0.977. The molecule has 0 amide bonds. The number of aliphatic hydroxyl groups excluding tert-OH is 1. The number of nitriles is 1. The summed E-state index contributed by atoms with van der Waals surface area (Å²) in [5.41, 5.74) is -0.104. The number of aliphatic hydroxyl groups is 1. The van der Waals surface area contributed by atoms with Crippen LogP contribution in [0.4, 0.5) is 0 Å². The highest BCUT2D eigenvalue weighted by Gasteiger charge is 2.09. The van der Waals surface area contributed by atoms with E-state index < -0.39 is 11.7 Å². The van der Waals surface area contributed by atoms with E-state index in [0.29, 0.717) is 0 Å². The fourth-order valence-electron chi connectivity index (χ4n) is 0.429. The molecule has 0 aromatic carbocycles. The maximum Gasteiger partial charge on any atom is 0.372 e. The minimum atomic E-state index is -1.46. The van der Waals surface area contributed by atoms with Crippen molar-refractivity contribution in [1.82, 2.24) is 0 Å². The summed E-state index contributed by atoms with van der Waals surface area (Å²) in [6, 6.07) is 1.58. The lowest BCUT2D eigenvalue weighted by molar-refractivity contribution is -0.135. The van der Waals surface area contributed by atoms with Gasteiger partial charge in [-0.15, -0.1) is 0 Å². The first-order valence-corrected chi connectivity index (χ1v) is 2.69. The Hall–Kier alpha value is -1.50. The van der Waals surface area contributed by atoms with Gasteiger partial charge in [0.1, 0.15) is 0 Å². The number of carboxylic acids is 1. The first-order chi connectivity index (χ1) is 4.63. The predicted molar refractivity (Wildman–Crippen MR) is 33.2 cm³/mol. The molecule has 0 aliphatic rings. The molecule has 0 heterocycles. The summed E-state index contributed by atoms with van der Waals surface area (Å²) in [5, 5.41) is 25.0. The smallest absolute Gasteiger partial charge is 0.372 e. The number of hydrogen-bond acceptors (Lipinski definition) is 3. The number of aliphatic carboxylic acids is 1. The lowest BCUT2D eigenvalue weighted by Crippen LogP contribution is -2.02. The van der Waals surface area contributed by atoms with E-state index in [1.165, 1.54) is 0 Å². The standard InChI is InChI=1S/C6H7NO3/c1-2-4(3-7)5(8)6(9)10/h8H,2H2,1H3,(H,9,10). The fourth-order valence-corrected chi connectivity index (χ4v) is 0.429. The molecule has 0 unspecified atom stereocenters. The molecule has 4 heteroatoms. The van der Waals surface area contributed by atoms with E-state index in [0.717, 1.165) is 0 Å². The summed E-state index contributed by atoms with van der Waals surface area (Å²) in [4.78, 5) is 10.00. The van der Waals surface area contributed by atoms with Crippen LogP contribution >= 0.6 is 0 Å². The van der Waals surface area contributed by atoms with Crippen molar-refractivity contribution >= 4 is 5.97 Å². The van der Waals surface area contributed by atoms with Crippen LogP contribution in [0.2, 0.25) is 0 Å². The maximum absolute atomic E-state index is 10.00. The van der Waals surface area contributed by atoms with Gasteiger partial charge >= 0.3 is 5.97 Å². The van der Waals surface area contributed by atoms with Gasteiger partial charge in [-0.05, 0) is 6.42 Å². The van der Waals surface area contributed by atoms with Crippen LogP contribution in [0, 0.1) is 11.3 Å². The highest BCUT2D eigenvalue weighted by Crippen LogP contribution is 2.03. The van der Waals surface area contributed by atoms with Crippen LogP contribution in [0.1, 0.15) is 13.3 Å². The first kappa shape index (κ1) is 8.50. The summed E-state index contributed by atoms with van der Waals surface area (Å²) in [6.45, 7) is 1.59. The molecule has 0 aromatic rings. The first-order valence-electron chi connectivity index (χ1n) is 2.69. The van der Waals surface area contributed by atoms with E-state index >= 15 is 0 Å². The lowest BCUT2D eigenvalue weighted by Gasteiger charge is -1.93. The van der Waals surface area contributed by atoms with Crippen molar-refractivity contribution in [3.63, 3.8) is 0 Å². The van der Waals surface area contributed by atoms with Gasteiger partial charge < -0.3 is 10.2 Å².